The lowest BCUT2D eigenvalue weighted by molar-refractivity contribution is -0.124. The zero-order valence-corrected chi connectivity index (χ0v) is 15.6. The minimum Gasteiger partial charge on any atom is -0.349 e. The molecule has 2 atom stereocenters. The van der Waals surface area contributed by atoms with Crippen molar-refractivity contribution in [1.82, 2.24) is 10.6 Å². The normalized spacial score (nSPS) is 22.0. The van der Waals surface area contributed by atoms with Gasteiger partial charge in [-0.1, -0.05) is 54.1 Å². The Labute approximate surface area is 160 Å². The average molecular weight is 369 g/mol. The van der Waals surface area contributed by atoms with Gasteiger partial charge in [-0.25, -0.2) is 0 Å². The maximum Gasteiger partial charge on any atom is 0.224 e. The molecule has 0 radical (unpaired) electrons. The Bertz CT molecular complexity index is 753. The van der Waals surface area contributed by atoms with Crippen LogP contribution in [0.5, 0.6) is 0 Å². The molecule has 2 aromatic carbocycles. The molecule has 1 amide bonds. The number of carbonyl (C=O) groups excluding carboxylic acids is 1. The van der Waals surface area contributed by atoms with Crippen molar-refractivity contribution in [3.05, 3.63) is 70.7 Å². The highest BCUT2D eigenvalue weighted by Crippen LogP contribution is 2.58. The van der Waals surface area contributed by atoms with E-state index in [1.54, 1.807) is 0 Å². The van der Waals surface area contributed by atoms with Crippen LogP contribution in [0.3, 0.4) is 0 Å². The third kappa shape index (κ3) is 3.79. The van der Waals surface area contributed by atoms with E-state index in [9.17, 15) is 4.79 Å². The summed E-state index contributed by atoms with van der Waals surface area (Å²) in [6.45, 7) is 2.08. The predicted octanol–water partition coefficient (Wildman–Crippen LogP) is 4.13. The first-order chi connectivity index (χ1) is 12.7. The average Bonchev–Trinajstić information content (AvgIpc) is 3.37. The summed E-state index contributed by atoms with van der Waals surface area (Å²) in [5, 5.41) is 7.47. The summed E-state index contributed by atoms with van der Waals surface area (Å²) in [6, 6.07) is 18.1. The summed E-state index contributed by atoms with van der Waals surface area (Å²) in [6.07, 6.45) is 4.06. The van der Waals surface area contributed by atoms with Crippen LogP contribution in [0.1, 0.15) is 36.4 Å². The number of hydrogen-bond acceptors (Lipinski definition) is 2. The first-order valence-corrected chi connectivity index (χ1v) is 9.85. The number of piperidine rings is 1. The monoisotopic (exact) mass is 368 g/mol. The second kappa shape index (κ2) is 7.42. The Balaban J connectivity index is 1.48. The molecule has 0 aromatic heterocycles. The number of rotatable bonds is 5. The van der Waals surface area contributed by atoms with Gasteiger partial charge in [0.2, 0.25) is 5.91 Å². The van der Waals surface area contributed by atoms with Gasteiger partial charge >= 0.3 is 0 Å². The van der Waals surface area contributed by atoms with E-state index in [0.29, 0.717) is 0 Å². The van der Waals surface area contributed by atoms with Crippen molar-refractivity contribution < 1.29 is 4.79 Å². The standard InChI is InChI=1S/C22H25ClN2O/c23-18-8-6-16(7-9-18)14-20(17-4-2-1-3-5-17)25-21(26)19-15-22(19)10-12-24-13-11-22/h1-9,19-20,24H,10-15H2,(H,25,26). The van der Waals surface area contributed by atoms with Gasteiger partial charge in [0.05, 0.1) is 6.04 Å². The zero-order chi connectivity index (χ0) is 18.0. The number of hydrogen-bond donors (Lipinski definition) is 2. The first kappa shape index (κ1) is 17.6. The minimum absolute atomic E-state index is 0.00996. The van der Waals surface area contributed by atoms with Gasteiger partial charge in [-0.05, 0) is 67.4 Å². The van der Waals surface area contributed by atoms with E-state index in [2.05, 4.69) is 22.8 Å². The van der Waals surface area contributed by atoms with Crippen LogP contribution >= 0.6 is 11.6 Å². The fourth-order valence-electron chi connectivity index (χ4n) is 4.26. The Morgan fingerprint density at radius 3 is 2.50 bits per heavy atom. The van der Waals surface area contributed by atoms with Crippen LogP contribution in [-0.4, -0.2) is 19.0 Å². The van der Waals surface area contributed by atoms with Crippen molar-refractivity contribution in [3.8, 4) is 0 Å². The van der Waals surface area contributed by atoms with Gasteiger partial charge in [-0.15, -0.1) is 0 Å². The van der Waals surface area contributed by atoms with Gasteiger partial charge in [-0.2, -0.15) is 0 Å². The highest BCUT2D eigenvalue weighted by molar-refractivity contribution is 6.30. The van der Waals surface area contributed by atoms with Gasteiger partial charge in [-0.3, -0.25) is 4.79 Å². The van der Waals surface area contributed by atoms with Crippen LogP contribution in [0.25, 0.3) is 0 Å². The van der Waals surface area contributed by atoms with Crippen molar-refractivity contribution in [3.63, 3.8) is 0 Å². The van der Waals surface area contributed by atoms with E-state index in [-0.39, 0.29) is 23.3 Å². The molecule has 2 aromatic rings. The molecule has 1 heterocycles. The molecule has 1 aliphatic heterocycles. The van der Waals surface area contributed by atoms with Gasteiger partial charge in [0.1, 0.15) is 0 Å². The van der Waals surface area contributed by atoms with Crippen LogP contribution in [0.2, 0.25) is 5.02 Å². The van der Waals surface area contributed by atoms with E-state index >= 15 is 0 Å². The molecule has 2 fully saturated rings. The smallest absolute Gasteiger partial charge is 0.224 e. The quantitative estimate of drug-likeness (QED) is 0.833. The summed E-state index contributed by atoms with van der Waals surface area (Å²) in [5.74, 6) is 0.399. The van der Waals surface area contributed by atoms with Crippen LogP contribution in [0.15, 0.2) is 54.6 Å². The number of carbonyl (C=O) groups is 1. The van der Waals surface area contributed by atoms with Gasteiger partial charge in [0, 0.05) is 10.9 Å². The zero-order valence-electron chi connectivity index (χ0n) is 14.9. The lowest BCUT2D eigenvalue weighted by Crippen LogP contribution is -2.35. The third-order valence-corrected chi connectivity index (χ3v) is 6.23. The Morgan fingerprint density at radius 1 is 1.12 bits per heavy atom. The molecular weight excluding hydrogens is 344 g/mol. The molecular formula is C22H25ClN2O. The van der Waals surface area contributed by atoms with Crippen molar-refractivity contribution >= 4 is 17.5 Å². The fourth-order valence-corrected chi connectivity index (χ4v) is 4.39. The fraction of sp³-hybridized carbons (Fsp3) is 0.409. The van der Waals surface area contributed by atoms with Crippen LogP contribution < -0.4 is 10.6 Å². The molecule has 2 unspecified atom stereocenters. The van der Waals surface area contributed by atoms with Gasteiger partial charge in [0.25, 0.3) is 0 Å². The largest absolute Gasteiger partial charge is 0.349 e. The number of benzene rings is 2. The van der Waals surface area contributed by atoms with E-state index in [1.807, 2.05) is 42.5 Å². The molecule has 4 rings (SSSR count). The van der Waals surface area contributed by atoms with Crippen molar-refractivity contribution in [2.75, 3.05) is 13.1 Å². The van der Waals surface area contributed by atoms with Crippen LogP contribution in [0, 0.1) is 11.3 Å². The van der Waals surface area contributed by atoms with E-state index in [4.69, 9.17) is 11.6 Å². The van der Waals surface area contributed by atoms with Gasteiger partial charge < -0.3 is 10.6 Å². The molecule has 2 aliphatic rings. The first-order valence-electron chi connectivity index (χ1n) is 9.47. The van der Waals surface area contributed by atoms with Crippen LogP contribution in [0.4, 0.5) is 0 Å². The number of nitrogens with one attached hydrogen (secondary N) is 2. The Hall–Kier alpha value is -1.84. The molecule has 0 bridgehead atoms. The summed E-state index contributed by atoms with van der Waals surface area (Å²) >= 11 is 6.01. The Morgan fingerprint density at radius 2 is 1.81 bits per heavy atom. The van der Waals surface area contributed by atoms with E-state index in [0.717, 1.165) is 49.4 Å². The summed E-state index contributed by atoms with van der Waals surface area (Å²) in [5.41, 5.74) is 2.59. The van der Waals surface area contributed by atoms with Crippen molar-refractivity contribution in [2.24, 2.45) is 11.3 Å². The SMILES string of the molecule is O=C(NC(Cc1ccc(Cl)cc1)c1ccccc1)C1CC12CCNCC2. The molecule has 136 valence electrons. The molecule has 2 N–H and O–H groups in total. The van der Waals surface area contributed by atoms with E-state index < -0.39 is 0 Å². The summed E-state index contributed by atoms with van der Waals surface area (Å²) in [7, 11) is 0. The third-order valence-electron chi connectivity index (χ3n) is 5.98. The molecule has 4 heteroatoms. The van der Waals surface area contributed by atoms with E-state index in [1.165, 1.54) is 5.56 Å². The molecule has 1 saturated heterocycles. The highest BCUT2D eigenvalue weighted by Gasteiger charge is 2.57. The van der Waals surface area contributed by atoms with Crippen molar-refractivity contribution in [1.29, 1.82) is 0 Å². The van der Waals surface area contributed by atoms with Crippen LogP contribution in [-0.2, 0) is 11.2 Å². The predicted molar refractivity (Wildman–Crippen MR) is 105 cm³/mol. The minimum atomic E-state index is -0.00996. The Kier molecular flexibility index (Phi) is 5.01. The number of amides is 1. The molecule has 3 nitrogen and oxygen atoms in total. The lowest BCUT2D eigenvalue weighted by Gasteiger charge is -2.24. The molecule has 26 heavy (non-hydrogen) atoms. The summed E-state index contributed by atoms with van der Waals surface area (Å²) in [4.78, 5) is 13.0. The lowest BCUT2D eigenvalue weighted by atomic mass is 9.91. The molecule has 1 aliphatic carbocycles. The number of halogens is 1. The maximum absolute atomic E-state index is 13.0. The summed E-state index contributed by atoms with van der Waals surface area (Å²) < 4.78 is 0. The second-order valence-electron chi connectivity index (χ2n) is 7.67. The topological polar surface area (TPSA) is 41.1 Å². The van der Waals surface area contributed by atoms with Crippen molar-refractivity contribution in [2.45, 2.75) is 31.7 Å². The second-order valence-corrected chi connectivity index (χ2v) is 8.11. The molecule has 1 spiro atoms. The highest BCUT2D eigenvalue weighted by atomic mass is 35.5. The maximum atomic E-state index is 13.0. The molecule has 1 saturated carbocycles. The van der Waals surface area contributed by atoms with Gasteiger partial charge in [0.15, 0.2) is 0 Å².